The number of hydrogen-bond acceptors (Lipinski definition) is 4. The van der Waals surface area contributed by atoms with E-state index in [1.54, 1.807) is 11.8 Å². The number of rotatable bonds is 2. The first-order chi connectivity index (χ1) is 8.92. The molecule has 19 heavy (non-hydrogen) atoms. The number of carboxylic acids is 1. The van der Waals surface area contributed by atoms with Gasteiger partial charge >= 0.3 is 5.97 Å². The zero-order valence-electron chi connectivity index (χ0n) is 10.5. The fourth-order valence-corrected chi connectivity index (χ4v) is 2.04. The molecule has 2 rings (SSSR count). The number of carbonyl (C=O) groups is 2. The molecule has 102 valence electrons. The van der Waals surface area contributed by atoms with Crippen molar-refractivity contribution in [1.29, 1.82) is 0 Å². The summed E-state index contributed by atoms with van der Waals surface area (Å²) in [4.78, 5) is 41.8. The fraction of sp³-hybridized carbons (Fsp3) is 0.500. The number of piperidine rings is 1. The molecule has 0 saturated carbocycles. The van der Waals surface area contributed by atoms with Gasteiger partial charge in [-0.05, 0) is 19.8 Å². The minimum Gasteiger partial charge on any atom is -0.481 e. The lowest BCUT2D eigenvalue weighted by atomic mass is 9.80. The van der Waals surface area contributed by atoms with E-state index in [1.165, 1.54) is 6.20 Å². The van der Waals surface area contributed by atoms with Gasteiger partial charge in [0.15, 0.2) is 0 Å². The molecule has 1 aromatic rings. The Kier molecular flexibility index (Phi) is 3.37. The van der Waals surface area contributed by atoms with Crippen LogP contribution < -0.4 is 5.56 Å². The molecule has 0 aromatic carbocycles. The molecule has 1 saturated heterocycles. The molecular formula is C12H15N3O4. The summed E-state index contributed by atoms with van der Waals surface area (Å²) in [5, 5.41) is 9.11. The first kappa shape index (κ1) is 13.3. The minimum atomic E-state index is -0.832. The van der Waals surface area contributed by atoms with Crippen molar-refractivity contribution in [2.45, 2.75) is 19.8 Å². The van der Waals surface area contributed by atoms with Crippen molar-refractivity contribution >= 4 is 11.9 Å². The molecule has 1 aliphatic rings. The maximum atomic E-state index is 12.1. The summed E-state index contributed by atoms with van der Waals surface area (Å²) >= 11 is 0. The Balaban J connectivity index is 2.06. The number of aromatic amines is 1. The van der Waals surface area contributed by atoms with Crippen LogP contribution in [0.2, 0.25) is 0 Å². The second kappa shape index (κ2) is 4.83. The molecule has 0 atom stereocenters. The van der Waals surface area contributed by atoms with Gasteiger partial charge in [0.1, 0.15) is 5.69 Å². The summed E-state index contributed by atoms with van der Waals surface area (Å²) in [5.74, 6) is -1.12. The Morgan fingerprint density at radius 2 is 2.05 bits per heavy atom. The lowest BCUT2D eigenvalue weighted by Crippen LogP contribution is -2.45. The summed E-state index contributed by atoms with van der Waals surface area (Å²) in [6, 6.07) is 0. The predicted octanol–water partition coefficient (Wildman–Crippen LogP) is 0.0968. The summed E-state index contributed by atoms with van der Waals surface area (Å²) in [6.07, 6.45) is 3.16. The zero-order valence-corrected chi connectivity index (χ0v) is 10.5. The standard InChI is InChI=1S/C12H15N3O4/c1-12(11(18)19)2-4-15(5-3-12)10(17)8-6-14-9(16)7-13-8/h6-7H,2-5H2,1H3,(H,14,16)(H,18,19). The Morgan fingerprint density at radius 1 is 1.42 bits per heavy atom. The van der Waals surface area contributed by atoms with Gasteiger partial charge in [-0.2, -0.15) is 0 Å². The normalized spacial score (nSPS) is 18.1. The van der Waals surface area contributed by atoms with Gasteiger partial charge in [0.2, 0.25) is 0 Å². The van der Waals surface area contributed by atoms with Crippen molar-refractivity contribution in [3.8, 4) is 0 Å². The van der Waals surface area contributed by atoms with Gasteiger partial charge < -0.3 is 15.0 Å². The third kappa shape index (κ3) is 2.64. The van der Waals surface area contributed by atoms with Crippen LogP contribution in [0.25, 0.3) is 0 Å². The molecule has 7 heteroatoms. The van der Waals surface area contributed by atoms with Gasteiger partial charge in [-0.25, -0.2) is 4.98 Å². The molecular weight excluding hydrogens is 250 g/mol. The van der Waals surface area contributed by atoms with Gasteiger partial charge in [-0.15, -0.1) is 0 Å². The average Bonchev–Trinajstić information content (AvgIpc) is 2.39. The van der Waals surface area contributed by atoms with Crippen LogP contribution in [0, 0.1) is 5.41 Å². The SMILES string of the molecule is CC1(C(=O)O)CCN(C(=O)c2c[nH]c(=O)cn2)CC1. The maximum absolute atomic E-state index is 12.1. The van der Waals surface area contributed by atoms with Gasteiger partial charge in [0.05, 0.1) is 11.6 Å². The Morgan fingerprint density at radius 3 is 2.53 bits per heavy atom. The van der Waals surface area contributed by atoms with Crippen LogP contribution in [0.3, 0.4) is 0 Å². The van der Waals surface area contributed by atoms with E-state index in [9.17, 15) is 14.4 Å². The van der Waals surface area contributed by atoms with Gasteiger partial charge in [0, 0.05) is 19.3 Å². The van der Waals surface area contributed by atoms with Crippen LogP contribution in [0.15, 0.2) is 17.2 Å². The largest absolute Gasteiger partial charge is 0.481 e. The van der Waals surface area contributed by atoms with Crippen LogP contribution in [0.5, 0.6) is 0 Å². The van der Waals surface area contributed by atoms with Crippen molar-refractivity contribution < 1.29 is 14.7 Å². The molecule has 0 radical (unpaired) electrons. The third-order valence-electron chi connectivity index (χ3n) is 3.56. The minimum absolute atomic E-state index is 0.165. The van der Waals surface area contributed by atoms with Crippen molar-refractivity contribution in [3.05, 3.63) is 28.4 Å². The first-order valence-corrected chi connectivity index (χ1v) is 6.00. The maximum Gasteiger partial charge on any atom is 0.309 e. The molecule has 2 heterocycles. The molecule has 2 N–H and O–H groups in total. The number of aliphatic carboxylic acids is 1. The molecule has 1 aromatic heterocycles. The van der Waals surface area contributed by atoms with E-state index < -0.39 is 11.4 Å². The number of hydrogen-bond donors (Lipinski definition) is 2. The van der Waals surface area contributed by atoms with Crippen molar-refractivity contribution in [2.75, 3.05) is 13.1 Å². The fourth-order valence-electron chi connectivity index (χ4n) is 2.04. The van der Waals surface area contributed by atoms with Crippen LogP contribution in [0.1, 0.15) is 30.3 Å². The molecule has 1 amide bonds. The highest BCUT2D eigenvalue weighted by Crippen LogP contribution is 2.31. The molecule has 0 bridgehead atoms. The second-order valence-electron chi connectivity index (χ2n) is 4.95. The quantitative estimate of drug-likeness (QED) is 0.789. The molecule has 0 spiro atoms. The highest BCUT2D eigenvalue weighted by Gasteiger charge is 2.38. The average molecular weight is 265 g/mol. The second-order valence-corrected chi connectivity index (χ2v) is 4.95. The van der Waals surface area contributed by atoms with E-state index in [4.69, 9.17) is 5.11 Å². The summed E-state index contributed by atoms with van der Waals surface area (Å²) in [6.45, 7) is 2.44. The van der Waals surface area contributed by atoms with Crippen LogP contribution in [-0.4, -0.2) is 44.9 Å². The summed E-state index contributed by atoms with van der Waals surface area (Å²) in [5.41, 5.74) is -0.970. The highest BCUT2D eigenvalue weighted by atomic mass is 16.4. The number of likely N-dealkylation sites (tertiary alicyclic amines) is 1. The summed E-state index contributed by atoms with van der Waals surface area (Å²) < 4.78 is 0. The number of nitrogens with one attached hydrogen (secondary N) is 1. The van der Waals surface area contributed by atoms with Crippen molar-refractivity contribution in [2.24, 2.45) is 5.41 Å². The zero-order chi connectivity index (χ0) is 14.0. The van der Waals surface area contributed by atoms with E-state index in [0.29, 0.717) is 25.9 Å². The van der Waals surface area contributed by atoms with E-state index in [2.05, 4.69) is 9.97 Å². The third-order valence-corrected chi connectivity index (χ3v) is 3.56. The molecule has 0 aliphatic carbocycles. The van der Waals surface area contributed by atoms with E-state index in [0.717, 1.165) is 6.20 Å². The molecule has 1 aliphatic heterocycles. The Hall–Kier alpha value is -2.18. The Labute approximate surface area is 109 Å². The monoisotopic (exact) mass is 265 g/mol. The highest BCUT2D eigenvalue weighted by molar-refractivity contribution is 5.92. The lowest BCUT2D eigenvalue weighted by Gasteiger charge is -2.36. The number of carbonyl (C=O) groups excluding carboxylic acids is 1. The van der Waals surface area contributed by atoms with Gasteiger partial charge in [-0.3, -0.25) is 14.4 Å². The smallest absolute Gasteiger partial charge is 0.309 e. The van der Waals surface area contributed by atoms with E-state index in [1.807, 2.05) is 0 Å². The van der Waals surface area contributed by atoms with Crippen LogP contribution in [-0.2, 0) is 4.79 Å². The van der Waals surface area contributed by atoms with Crippen molar-refractivity contribution in [3.63, 3.8) is 0 Å². The number of nitrogens with zero attached hydrogens (tertiary/aromatic N) is 2. The summed E-state index contributed by atoms with van der Waals surface area (Å²) in [7, 11) is 0. The van der Waals surface area contributed by atoms with Crippen molar-refractivity contribution in [1.82, 2.24) is 14.9 Å². The van der Waals surface area contributed by atoms with E-state index in [-0.39, 0.29) is 17.2 Å². The van der Waals surface area contributed by atoms with Crippen LogP contribution >= 0.6 is 0 Å². The number of carboxylic acid groups (broad SMARTS) is 1. The van der Waals surface area contributed by atoms with E-state index >= 15 is 0 Å². The first-order valence-electron chi connectivity index (χ1n) is 6.00. The number of H-pyrrole nitrogens is 1. The van der Waals surface area contributed by atoms with Gasteiger partial charge in [0.25, 0.3) is 11.5 Å². The molecule has 0 unspecified atom stereocenters. The van der Waals surface area contributed by atoms with Gasteiger partial charge in [-0.1, -0.05) is 0 Å². The topological polar surface area (TPSA) is 103 Å². The predicted molar refractivity (Wildman–Crippen MR) is 65.7 cm³/mol. The number of aromatic nitrogens is 2. The Bertz CT molecular complexity index is 538. The lowest BCUT2D eigenvalue weighted by molar-refractivity contribution is -0.150. The molecule has 1 fully saturated rings. The number of amides is 1. The molecule has 7 nitrogen and oxygen atoms in total. The van der Waals surface area contributed by atoms with Crippen LogP contribution in [0.4, 0.5) is 0 Å².